The summed E-state index contributed by atoms with van der Waals surface area (Å²) < 4.78 is 24.4. The molecule has 5 nitrogen and oxygen atoms in total. The van der Waals surface area contributed by atoms with Crippen LogP contribution in [0.4, 0.5) is 0 Å². The minimum absolute atomic E-state index is 0.302. The first kappa shape index (κ1) is 40.1. The molecule has 0 radical (unpaired) electrons. The third-order valence-electron chi connectivity index (χ3n) is 8.07. The van der Waals surface area contributed by atoms with Gasteiger partial charge in [-0.05, 0) is 32.1 Å². The van der Waals surface area contributed by atoms with Gasteiger partial charge in [0.15, 0.2) is 0 Å². The van der Waals surface area contributed by atoms with Crippen molar-refractivity contribution in [3.8, 4) is 0 Å². The minimum atomic E-state index is -4.08. The van der Waals surface area contributed by atoms with Crippen molar-refractivity contribution in [3.05, 3.63) is 0 Å². The lowest BCUT2D eigenvalue weighted by molar-refractivity contribution is -0.0135. The summed E-state index contributed by atoms with van der Waals surface area (Å²) in [6, 6.07) is 0. The van der Waals surface area contributed by atoms with E-state index in [-0.39, 0.29) is 6.23 Å². The Hall–Kier alpha value is 0.0700. The fraction of sp³-hybridized carbons (Fsp3) is 1.00. The zero-order valence-corrected chi connectivity index (χ0v) is 28.5. The molecule has 0 aromatic carbocycles. The fourth-order valence-corrected chi connectivity index (χ4v) is 6.38. The summed E-state index contributed by atoms with van der Waals surface area (Å²) in [7, 11) is -4.08. The molecule has 0 bridgehead atoms. The van der Waals surface area contributed by atoms with E-state index in [1.165, 1.54) is 116 Å². The first-order chi connectivity index (χ1) is 19.5. The maximum Gasteiger partial charge on any atom is 0.473 e. The zero-order chi connectivity index (χ0) is 29.6. The van der Waals surface area contributed by atoms with Crippen LogP contribution in [0, 0.1) is 0 Å². The molecule has 0 aromatic rings. The highest BCUT2D eigenvalue weighted by Crippen LogP contribution is 2.46. The average Bonchev–Trinajstić information content (AvgIpc) is 2.94. The summed E-state index contributed by atoms with van der Waals surface area (Å²) in [6.45, 7) is 11.1. The van der Waals surface area contributed by atoms with Gasteiger partial charge in [0.2, 0.25) is 0 Å². The van der Waals surface area contributed by atoms with Crippen molar-refractivity contribution in [2.75, 3.05) is 19.7 Å². The van der Waals surface area contributed by atoms with Crippen LogP contribution in [-0.2, 0) is 13.6 Å². The van der Waals surface area contributed by atoms with E-state index < -0.39 is 7.82 Å². The van der Waals surface area contributed by atoms with Crippen molar-refractivity contribution in [1.82, 2.24) is 4.90 Å². The van der Waals surface area contributed by atoms with Crippen molar-refractivity contribution in [2.45, 2.75) is 201 Å². The molecule has 0 saturated carbocycles. The Morgan fingerprint density at radius 2 is 0.875 bits per heavy atom. The highest BCUT2D eigenvalue weighted by atomic mass is 31.2. The Labute approximate surface area is 251 Å². The fourth-order valence-electron chi connectivity index (χ4n) is 5.41. The lowest BCUT2D eigenvalue weighted by Crippen LogP contribution is -2.38. The molecule has 6 heteroatoms. The number of rotatable bonds is 33. The number of nitrogens with zero attached hydrogens (tertiary/aromatic N) is 1. The Bertz CT molecular complexity index is 528. The van der Waals surface area contributed by atoms with Crippen LogP contribution in [0.3, 0.4) is 0 Å². The van der Waals surface area contributed by atoms with Gasteiger partial charge in [-0.2, -0.15) is 0 Å². The van der Waals surface area contributed by atoms with E-state index in [1.54, 1.807) is 0 Å². The average molecular weight is 590 g/mol. The maximum atomic E-state index is 13.0. The standard InChI is InChI=1S/C34H72NO4P/c1-5-9-13-17-19-21-23-27-31-35(32-28-24-22-20-18-14-10-6-2)34(30-26-16-12-8-4)39-40(36,37)38-33-29-25-15-11-7-3/h34H,5-33H2,1-4H3,(H,36,37). The lowest BCUT2D eigenvalue weighted by Gasteiger charge is -2.32. The second-order valence-electron chi connectivity index (χ2n) is 12.1. The first-order valence-electron chi connectivity index (χ1n) is 17.9. The predicted molar refractivity (Wildman–Crippen MR) is 175 cm³/mol. The predicted octanol–water partition coefficient (Wildman–Crippen LogP) is 12.0. The Morgan fingerprint density at radius 1 is 0.525 bits per heavy atom. The van der Waals surface area contributed by atoms with Gasteiger partial charge in [-0.25, -0.2) is 4.57 Å². The van der Waals surface area contributed by atoms with E-state index in [9.17, 15) is 9.46 Å². The van der Waals surface area contributed by atoms with Gasteiger partial charge in [0.25, 0.3) is 0 Å². The van der Waals surface area contributed by atoms with Crippen LogP contribution in [0.1, 0.15) is 195 Å². The van der Waals surface area contributed by atoms with Crippen LogP contribution in [0.5, 0.6) is 0 Å². The molecule has 242 valence electrons. The van der Waals surface area contributed by atoms with Gasteiger partial charge in [0.05, 0.1) is 6.61 Å². The summed E-state index contributed by atoms with van der Waals surface area (Å²) in [4.78, 5) is 13.0. The smallest absolute Gasteiger partial charge is 0.302 e. The lowest BCUT2D eigenvalue weighted by atomic mass is 10.1. The number of phosphoric ester groups is 1. The van der Waals surface area contributed by atoms with Gasteiger partial charge >= 0.3 is 7.82 Å². The number of hydrogen-bond acceptors (Lipinski definition) is 4. The molecule has 0 fully saturated rings. The Morgan fingerprint density at radius 3 is 1.30 bits per heavy atom. The van der Waals surface area contributed by atoms with Gasteiger partial charge in [-0.1, -0.05) is 163 Å². The summed E-state index contributed by atoms with van der Waals surface area (Å²) in [5.74, 6) is 0. The SMILES string of the molecule is CCCCCCCCCCN(CCCCCCCCCC)C(CCCCCC)OP(=O)(O)OCCCCCCC. The van der Waals surface area contributed by atoms with E-state index in [2.05, 4.69) is 32.6 Å². The monoisotopic (exact) mass is 590 g/mol. The normalized spacial score (nSPS) is 14.2. The zero-order valence-electron chi connectivity index (χ0n) is 27.6. The van der Waals surface area contributed by atoms with Crippen LogP contribution in [0.25, 0.3) is 0 Å². The van der Waals surface area contributed by atoms with Gasteiger partial charge in [0.1, 0.15) is 6.23 Å². The van der Waals surface area contributed by atoms with Gasteiger partial charge in [-0.3, -0.25) is 13.9 Å². The Kier molecular flexibility index (Phi) is 30.6. The summed E-state index contributed by atoms with van der Waals surface area (Å²) in [6.07, 6.45) is 31.1. The van der Waals surface area contributed by atoms with Gasteiger partial charge in [-0.15, -0.1) is 0 Å². The van der Waals surface area contributed by atoms with Crippen molar-refractivity contribution >= 4 is 7.82 Å². The van der Waals surface area contributed by atoms with E-state index in [1.807, 2.05) is 0 Å². The molecular weight excluding hydrogens is 517 g/mol. The third-order valence-corrected chi connectivity index (χ3v) is 9.09. The second kappa shape index (κ2) is 30.5. The van der Waals surface area contributed by atoms with E-state index in [0.29, 0.717) is 6.61 Å². The molecule has 0 aliphatic carbocycles. The Balaban J connectivity index is 4.97. The molecule has 2 atom stereocenters. The quantitative estimate of drug-likeness (QED) is 0.0469. The van der Waals surface area contributed by atoms with Crippen LogP contribution in [0.15, 0.2) is 0 Å². The van der Waals surface area contributed by atoms with Crippen LogP contribution in [0.2, 0.25) is 0 Å². The third kappa shape index (κ3) is 26.9. The molecule has 0 amide bonds. The highest BCUT2D eigenvalue weighted by Gasteiger charge is 2.30. The van der Waals surface area contributed by atoms with Gasteiger partial charge in [0, 0.05) is 13.1 Å². The summed E-state index contributed by atoms with van der Waals surface area (Å²) in [5.41, 5.74) is 0. The maximum absolute atomic E-state index is 13.0. The molecule has 0 aliphatic rings. The molecule has 0 rings (SSSR count). The van der Waals surface area contributed by atoms with Crippen LogP contribution < -0.4 is 0 Å². The molecule has 0 spiro atoms. The van der Waals surface area contributed by atoms with E-state index in [0.717, 1.165) is 64.5 Å². The van der Waals surface area contributed by atoms with Gasteiger partial charge < -0.3 is 4.89 Å². The van der Waals surface area contributed by atoms with Crippen LogP contribution in [-0.4, -0.2) is 35.7 Å². The number of hydrogen-bond donors (Lipinski definition) is 1. The van der Waals surface area contributed by atoms with E-state index in [4.69, 9.17) is 9.05 Å². The van der Waals surface area contributed by atoms with E-state index >= 15 is 0 Å². The molecule has 0 saturated heterocycles. The summed E-state index contributed by atoms with van der Waals surface area (Å²) in [5, 5.41) is 0. The van der Waals surface area contributed by atoms with Crippen molar-refractivity contribution in [3.63, 3.8) is 0 Å². The summed E-state index contributed by atoms with van der Waals surface area (Å²) >= 11 is 0. The molecule has 40 heavy (non-hydrogen) atoms. The molecule has 0 aliphatic heterocycles. The van der Waals surface area contributed by atoms with Crippen molar-refractivity contribution < 1.29 is 18.5 Å². The molecular formula is C34H72NO4P. The van der Waals surface area contributed by atoms with Crippen LogP contribution >= 0.6 is 7.82 Å². The molecule has 1 N–H and O–H groups in total. The van der Waals surface area contributed by atoms with Crippen molar-refractivity contribution in [2.24, 2.45) is 0 Å². The topological polar surface area (TPSA) is 59.0 Å². The number of unbranched alkanes of at least 4 members (excludes halogenated alkanes) is 21. The van der Waals surface area contributed by atoms with Crippen molar-refractivity contribution in [1.29, 1.82) is 0 Å². The number of phosphoric acid groups is 1. The molecule has 0 heterocycles. The minimum Gasteiger partial charge on any atom is -0.302 e. The largest absolute Gasteiger partial charge is 0.473 e. The second-order valence-corrected chi connectivity index (χ2v) is 13.5. The molecule has 0 aromatic heterocycles. The first-order valence-corrected chi connectivity index (χ1v) is 19.4. The highest BCUT2D eigenvalue weighted by molar-refractivity contribution is 7.47. The molecule has 2 unspecified atom stereocenters.